The van der Waals surface area contributed by atoms with E-state index in [1.165, 1.54) is 0 Å². The maximum absolute atomic E-state index is 15.0. The maximum Gasteiger partial charge on any atom is 0.175 e. The first-order chi connectivity index (χ1) is 13.6. The molecule has 0 amide bonds. The average molecular weight is 380 g/mol. The summed E-state index contributed by atoms with van der Waals surface area (Å²) in [5.74, 6) is 1.59. The average Bonchev–Trinajstić information content (AvgIpc) is 2.98. The normalized spacial score (nSPS) is 13.4. The minimum absolute atomic E-state index is 0.158. The Morgan fingerprint density at radius 2 is 2.07 bits per heavy atom. The number of hydrogen-bond donors (Lipinski definition) is 1. The number of H-pyrrole nitrogens is 1. The molecule has 0 spiro atoms. The van der Waals surface area contributed by atoms with Gasteiger partial charge in [-0.3, -0.25) is 4.98 Å². The van der Waals surface area contributed by atoms with Crippen molar-refractivity contribution in [1.29, 1.82) is 0 Å². The Morgan fingerprint density at radius 3 is 2.86 bits per heavy atom. The van der Waals surface area contributed by atoms with E-state index in [0.717, 1.165) is 27.5 Å². The molecule has 0 fully saturated rings. The second-order valence-corrected chi connectivity index (χ2v) is 6.48. The Labute approximate surface area is 161 Å². The summed E-state index contributed by atoms with van der Waals surface area (Å²) in [4.78, 5) is 7.54. The van der Waals surface area contributed by atoms with Gasteiger partial charge in [-0.15, -0.1) is 0 Å². The molecule has 0 aliphatic heterocycles. The van der Waals surface area contributed by atoms with Crippen LogP contribution in [0.3, 0.4) is 0 Å². The van der Waals surface area contributed by atoms with Crippen molar-refractivity contribution in [3.63, 3.8) is 0 Å². The lowest BCUT2D eigenvalue weighted by molar-refractivity contribution is 0.193. The Bertz CT molecular complexity index is 1190. The molecule has 28 heavy (non-hydrogen) atoms. The number of hydrogen-bond acceptors (Lipinski definition) is 4. The molecular formula is C22H21FN2O3. The molecule has 1 aliphatic carbocycles. The van der Waals surface area contributed by atoms with E-state index in [0.29, 0.717) is 29.9 Å². The first-order valence-corrected chi connectivity index (χ1v) is 9.13. The molecule has 0 bridgehead atoms. The van der Waals surface area contributed by atoms with Crippen LogP contribution in [0.15, 0.2) is 42.0 Å². The van der Waals surface area contributed by atoms with E-state index in [1.54, 1.807) is 31.5 Å². The van der Waals surface area contributed by atoms with E-state index in [2.05, 4.69) is 9.97 Å². The molecule has 144 valence electrons. The molecule has 6 heteroatoms. The lowest BCUT2D eigenvalue weighted by Gasteiger charge is -2.10. The largest absolute Gasteiger partial charge is 0.494 e. The van der Waals surface area contributed by atoms with Crippen LogP contribution in [-0.4, -0.2) is 23.7 Å². The van der Waals surface area contributed by atoms with Crippen LogP contribution in [-0.2, 0) is 9.47 Å². The third kappa shape index (κ3) is 3.22. The topological polar surface area (TPSA) is 56.4 Å². The van der Waals surface area contributed by atoms with Crippen molar-refractivity contribution in [3.8, 4) is 11.5 Å². The lowest BCUT2D eigenvalue weighted by atomic mass is 10.2. The zero-order valence-corrected chi connectivity index (χ0v) is 16.0. The molecular weight excluding hydrogens is 359 g/mol. The van der Waals surface area contributed by atoms with Crippen molar-refractivity contribution in [3.05, 3.63) is 64.1 Å². The monoisotopic (exact) mass is 380 g/mol. The quantitative estimate of drug-likeness (QED) is 0.734. The molecule has 0 radical (unpaired) electrons. The lowest BCUT2D eigenvalue weighted by Crippen LogP contribution is -2.29. The van der Waals surface area contributed by atoms with E-state index < -0.39 is 5.82 Å². The standard InChI is InChI=1S/C22H21FN2O3/c1-4-27-19-7-5-16-14(12-21(19)26-3)18(9-10-24-16)28-20-8-6-17-15(22(20)23)11-13(2)25-17/h5-6,8-12,25H,4,7H2,1-3H3. The maximum atomic E-state index is 15.0. The molecule has 0 saturated heterocycles. The molecule has 1 aromatic carbocycles. The minimum atomic E-state index is -0.400. The van der Waals surface area contributed by atoms with Crippen LogP contribution in [0.25, 0.3) is 23.1 Å². The van der Waals surface area contributed by atoms with E-state index in [4.69, 9.17) is 14.2 Å². The van der Waals surface area contributed by atoms with Gasteiger partial charge in [-0.2, -0.15) is 0 Å². The number of ether oxygens (including phenoxy) is 3. The van der Waals surface area contributed by atoms with Crippen LogP contribution in [0.1, 0.15) is 19.0 Å². The Hall–Kier alpha value is -3.28. The van der Waals surface area contributed by atoms with Gasteiger partial charge in [-0.25, -0.2) is 4.39 Å². The SMILES string of the molecule is CCOC1=C(OC)C=c2c(Oc3ccc4[nH]c(C)cc4c3F)ccnc2=CC1. The molecule has 0 saturated carbocycles. The van der Waals surface area contributed by atoms with Crippen molar-refractivity contribution >= 4 is 23.1 Å². The fourth-order valence-electron chi connectivity index (χ4n) is 3.33. The Kier molecular flexibility index (Phi) is 4.77. The van der Waals surface area contributed by atoms with Crippen LogP contribution >= 0.6 is 0 Å². The van der Waals surface area contributed by atoms with Gasteiger partial charge in [0.1, 0.15) is 11.5 Å². The number of allylic oxidation sites excluding steroid dienone is 2. The van der Waals surface area contributed by atoms with Gasteiger partial charge in [-0.05, 0) is 44.2 Å². The first-order valence-electron chi connectivity index (χ1n) is 9.13. The molecule has 0 unspecified atom stereocenters. The second-order valence-electron chi connectivity index (χ2n) is 6.48. The predicted molar refractivity (Wildman–Crippen MR) is 106 cm³/mol. The highest BCUT2D eigenvalue weighted by molar-refractivity contribution is 5.82. The van der Waals surface area contributed by atoms with E-state index in [1.807, 2.05) is 32.1 Å². The smallest absolute Gasteiger partial charge is 0.175 e. The first kappa shape index (κ1) is 18.1. The van der Waals surface area contributed by atoms with Gasteiger partial charge in [0.25, 0.3) is 0 Å². The third-order valence-corrected chi connectivity index (χ3v) is 4.61. The fraction of sp³-hybridized carbons (Fsp3) is 0.227. The van der Waals surface area contributed by atoms with Gasteiger partial charge in [0.15, 0.2) is 17.3 Å². The van der Waals surface area contributed by atoms with E-state index in [9.17, 15) is 4.39 Å². The highest BCUT2D eigenvalue weighted by atomic mass is 19.1. The molecule has 2 aromatic heterocycles. The van der Waals surface area contributed by atoms with Crippen molar-refractivity contribution in [2.45, 2.75) is 20.3 Å². The van der Waals surface area contributed by atoms with Crippen molar-refractivity contribution in [2.75, 3.05) is 13.7 Å². The van der Waals surface area contributed by atoms with Gasteiger partial charge >= 0.3 is 0 Å². The van der Waals surface area contributed by atoms with Gasteiger partial charge in [-0.1, -0.05) is 6.08 Å². The number of benzene rings is 1. The molecule has 1 aliphatic rings. The second kappa shape index (κ2) is 7.38. The highest BCUT2D eigenvalue weighted by Crippen LogP contribution is 2.29. The summed E-state index contributed by atoms with van der Waals surface area (Å²) in [6, 6.07) is 6.92. The number of fused-ring (bicyclic) bond motifs is 2. The highest BCUT2D eigenvalue weighted by Gasteiger charge is 2.15. The fourth-order valence-corrected chi connectivity index (χ4v) is 3.33. The van der Waals surface area contributed by atoms with Gasteiger partial charge < -0.3 is 19.2 Å². The molecule has 1 N–H and O–H groups in total. The number of methoxy groups -OCH3 is 1. The minimum Gasteiger partial charge on any atom is -0.494 e. The number of aryl methyl sites for hydroxylation is 1. The van der Waals surface area contributed by atoms with Crippen molar-refractivity contribution in [1.82, 2.24) is 9.97 Å². The summed E-state index contributed by atoms with van der Waals surface area (Å²) in [7, 11) is 1.59. The molecule has 2 heterocycles. The molecule has 4 rings (SSSR count). The van der Waals surface area contributed by atoms with Crippen LogP contribution < -0.4 is 15.3 Å². The number of aromatic amines is 1. The van der Waals surface area contributed by atoms with E-state index >= 15 is 0 Å². The van der Waals surface area contributed by atoms with Crippen LogP contribution in [0.5, 0.6) is 11.5 Å². The number of halogens is 1. The Morgan fingerprint density at radius 1 is 1.21 bits per heavy atom. The number of nitrogens with zero attached hydrogens (tertiary/aromatic N) is 1. The Balaban J connectivity index is 1.83. The third-order valence-electron chi connectivity index (χ3n) is 4.61. The van der Waals surface area contributed by atoms with Gasteiger partial charge in [0, 0.05) is 34.4 Å². The van der Waals surface area contributed by atoms with Crippen LogP contribution in [0.2, 0.25) is 0 Å². The summed E-state index contributed by atoms with van der Waals surface area (Å²) < 4.78 is 32.1. The molecule has 3 aromatic rings. The predicted octanol–water partition coefficient (Wildman–Crippen LogP) is 3.66. The summed E-state index contributed by atoms with van der Waals surface area (Å²) in [6.45, 7) is 4.35. The summed E-state index contributed by atoms with van der Waals surface area (Å²) >= 11 is 0. The number of aromatic nitrogens is 2. The van der Waals surface area contributed by atoms with Crippen LogP contribution in [0, 0.1) is 12.7 Å². The van der Waals surface area contributed by atoms with Crippen molar-refractivity contribution < 1.29 is 18.6 Å². The van der Waals surface area contributed by atoms with Crippen LogP contribution in [0.4, 0.5) is 4.39 Å². The zero-order valence-electron chi connectivity index (χ0n) is 16.0. The van der Waals surface area contributed by atoms with Gasteiger partial charge in [0.2, 0.25) is 0 Å². The van der Waals surface area contributed by atoms with Gasteiger partial charge in [0.05, 0.1) is 19.1 Å². The summed E-state index contributed by atoms with van der Waals surface area (Å²) in [6.07, 6.45) is 5.97. The molecule has 0 atom stereocenters. The zero-order chi connectivity index (χ0) is 19.7. The summed E-state index contributed by atoms with van der Waals surface area (Å²) in [5.41, 5.74) is 1.63. The number of pyridine rings is 1. The molecule has 5 nitrogen and oxygen atoms in total. The van der Waals surface area contributed by atoms with Crippen molar-refractivity contribution in [2.24, 2.45) is 0 Å². The number of nitrogens with one attached hydrogen (secondary N) is 1. The van der Waals surface area contributed by atoms with E-state index in [-0.39, 0.29) is 5.75 Å². The number of rotatable bonds is 5. The summed E-state index contributed by atoms with van der Waals surface area (Å²) in [5, 5.41) is 1.96.